The minimum absolute atomic E-state index is 0.0207. The molecule has 0 unspecified atom stereocenters. The third-order valence-corrected chi connectivity index (χ3v) is 3.87. The summed E-state index contributed by atoms with van der Waals surface area (Å²) in [5.41, 5.74) is 0.449. The molecule has 2 rings (SSSR count). The summed E-state index contributed by atoms with van der Waals surface area (Å²) in [6.45, 7) is 8.82. The van der Waals surface area contributed by atoms with Gasteiger partial charge in [-0.3, -0.25) is 0 Å². The van der Waals surface area contributed by atoms with E-state index in [4.69, 9.17) is 4.74 Å². The molecule has 0 amide bonds. The Morgan fingerprint density at radius 2 is 1.69 bits per heavy atom. The molecule has 2 nitrogen and oxygen atoms in total. The summed E-state index contributed by atoms with van der Waals surface area (Å²) in [5.74, 6) is 0. The molecule has 0 aromatic heterocycles. The third-order valence-electron chi connectivity index (χ3n) is 3.87. The van der Waals surface area contributed by atoms with Gasteiger partial charge in [-0.15, -0.1) is 0 Å². The van der Waals surface area contributed by atoms with Gasteiger partial charge in [-0.1, -0.05) is 12.8 Å². The molecule has 0 heterocycles. The zero-order valence-electron chi connectivity index (χ0n) is 11.3. The number of nitrogens with one attached hydrogen (secondary N) is 1. The topological polar surface area (TPSA) is 21.3 Å². The first-order valence-corrected chi connectivity index (χ1v) is 6.82. The smallest absolute Gasteiger partial charge is 0.0612 e. The maximum Gasteiger partial charge on any atom is 0.0612 e. The molecule has 2 fully saturated rings. The number of ether oxygens (including phenoxy) is 1. The Kier molecular flexibility index (Phi) is 3.33. The lowest BCUT2D eigenvalue weighted by atomic mass is 9.85. The van der Waals surface area contributed by atoms with E-state index in [0.29, 0.717) is 17.7 Å². The van der Waals surface area contributed by atoms with Crippen LogP contribution in [-0.4, -0.2) is 23.3 Å². The zero-order valence-corrected chi connectivity index (χ0v) is 11.3. The van der Waals surface area contributed by atoms with Crippen LogP contribution in [0.4, 0.5) is 0 Å². The Labute approximate surface area is 100 Å². The van der Waals surface area contributed by atoms with Crippen LogP contribution in [-0.2, 0) is 4.74 Å². The SMILES string of the molecule is CC1(NC2CC(OC(C)(C)C)C2)CCCC1. The first kappa shape index (κ1) is 12.4. The first-order valence-electron chi connectivity index (χ1n) is 6.82. The van der Waals surface area contributed by atoms with Crippen LogP contribution in [0.3, 0.4) is 0 Å². The second kappa shape index (κ2) is 4.30. The Morgan fingerprint density at radius 1 is 1.12 bits per heavy atom. The largest absolute Gasteiger partial charge is 0.373 e. The van der Waals surface area contributed by atoms with Crippen molar-refractivity contribution in [3.8, 4) is 0 Å². The van der Waals surface area contributed by atoms with E-state index >= 15 is 0 Å². The normalized spacial score (nSPS) is 33.8. The molecule has 0 radical (unpaired) electrons. The Bertz CT molecular complexity index is 232. The van der Waals surface area contributed by atoms with Gasteiger partial charge in [-0.25, -0.2) is 0 Å². The third kappa shape index (κ3) is 3.21. The minimum atomic E-state index is 0.0207. The fraction of sp³-hybridized carbons (Fsp3) is 1.00. The average Bonchev–Trinajstić information content (AvgIpc) is 2.46. The van der Waals surface area contributed by atoms with Crippen molar-refractivity contribution in [3.05, 3.63) is 0 Å². The van der Waals surface area contributed by atoms with Crippen molar-refractivity contribution in [2.75, 3.05) is 0 Å². The predicted octanol–water partition coefficient (Wildman–Crippen LogP) is 3.25. The molecule has 2 saturated carbocycles. The summed E-state index contributed by atoms with van der Waals surface area (Å²) in [4.78, 5) is 0. The molecule has 0 aliphatic heterocycles. The van der Waals surface area contributed by atoms with Crippen LogP contribution < -0.4 is 5.32 Å². The van der Waals surface area contributed by atoms with E-state index in [0.717, 1.165) is 0 Å². The number of hydrogen-bond donors (Lipinski definition) is 1. The second-order valence-corrected chi connectivity index (χ2v) is 6.93. The van der Waals surface area contributed by atoms with Crippen molar-refractivity contribution >= 4 is 0 Å². The van der Waals surface area contributed by atoms with Crippen molar-refractivity contribution in [2.24, 2.45) is 0 Å². The van der Waals surface area contributed by atoms with Crippen molar-refractivity contribution in [1.29, 1.82) is 0 Å². The van der Waals surface area contributed by atoms with Gasteiger partial charge in [0.05, 0.1) is 11.7 Å². The summed E-state index contributed by atoms with van der Waals surface area (Å²) in [6.07, 6.45) is 8.40. The van der Waals surface area contributed by atoms with E-state index in [1.807, 2.05) is 0 Å². The lowest BCUT2D eigenvalue weighted by Crippen LogP contribution is -2.54. The second-order valence-electron chi connectivity index (χ2n) is 6.93. The first-order chi connectivity index (χ1) is 7.36. The molecule has 94 valence electrons. The summed E-state index contributed by atoms with van der Waals surface area (Å²) < 4.78 is 5.96. The molecule has 16 heavy (non-hydrogen) atoms. The van der Waals surface area contributed by atoms with Gasteiger partial charge in [0.15, 0.2) is 0 Å². The molecule has 2 heteroatoms. The Morgan fingerprint density at radius 3 is 2.19 bits per heavy atom. The van der Waals surface area contributed by atoms with E-state index < -0.39 is 0 Å². The monoisotopic (exact) mass is 225 g/mol. The quantitative estimate of drug-likeness (QED) is 0.796. The lowest BCUT2D eigenvalue weighted by Gasteiger charge is -2.43. The van der Waals surface area contributed by atoms with Crippen molar-refractivity contribution < 1.29 is 4.74 Å². The van der Waals surface area contributed by atoms with Gasteiger partial charge in [-0.05, 0) is 53.4 Å². The minimum Gasteiger partial charge on any atom is -0.373 e. The van der Waals surface area contributed by atoms with Crippen LogP contribution in [0, 0.1) is 0 Å². The van der Waals surface area contributed by atoms with Crippen LogP contribution in [0.1, 0.15) is 66.2 Å². The highest BCUT2D eigenvalue weighted by atomic mass is 16.5. The van der Waals surface area contributed by atoms with Gasteiger partial charge in [0.25, 0.3) is 0 Å². The molecule has 0 aromatic rings. The van der Waals surface area contributed by atoms with Gasteiger partial charge >= 0.3 is 0 Å². The molecule has 1 N–H and O–H groups in total. The molecule has 2 aliphatic carbocycles. The van der Waals surface area contributed by atoms with Crippen LogP contribution in [0.5, 0.6) is 0 Å². The highest BCUT2D eigenvalue weighted by molar-refractivity contribution is 4.96. The maximum absolute atomic E-state index is 5.96. The van der Waals surface area contributed by atoms with Crippen LogP contribution in [0.2, 0.25) is 0 Å². The molecule has 0 aromatic carbocycles. The summed E-state index contributed by atoms with van der Waals surface area (Å²) in [7, 11) is 0. The average molecular weight is 225 g/mol. The van der Waals surface area contributed by atoms with E-state index in [9.17, 15) is 0 Å². The number of rotatable bonds is 3. The van der Waals surface area contributed by atoms with Crippen LogP contribution >= 0.6 is 0 Å². The summed E-state index contributed by atoms with van der Waals surface area (Å²) in [5, 5.41) is 3.83. The Balaban J connectivity index is 1.69. The van der Waals surface area contributed by atoms with E-state index in [-0.39, 0.29) is 5.60 Å². The molecular formula is C14H27NO. The predicted molar refractivity (Wildman–Crippen MR) is 67.7 cm³/mol. The van der Waals surface area contributed by atoms with Gasteiger partial charge < -0.3 is 10.1 Å². The van der Waals surface area contributed by atoms with E-state index in [1.165, 1.54) is 38.5 Å². The fourth-order valence-corrected chi connectivity index (χ4v) is 3.07. The van der Waals surface area contributed by atoms with Gasteiger partial charge in [0, 0.05) is 11.6 Å². The summed E-state index contributed by atoms with van der Waals surface area (Å²) in [6, 6.07) is 0.704. The van der Waals surface area contributed by atoms with Crippen molar-refractivity contribution in [1.82, 2.24) is 5.32 Å². The van der Waals surface area contributed by atoms with E-state index in [2.05, 4.69) is 33.0 Å². The molecule has 2 aliphatic rings. The molecule has 0 atom stereocenters. The number of hydrogen-bond acceptors (Lipinski definition) is 2. The maximum atomic E-state index is 5.96. The van der Waals surface area contributed by atoms with Crippen molar-refractivity contribution in [2.45, 2.75) is 89.5 Å². The highest BCUT2D eigenvalue weighted by Crippen LogP contribution is 2.34. The van der Waals surface area contributed by atoms with Gasteiger partial charge in [-0.2, -0.15) is 0 Å². The molecule has 0 bridgehead atoms. The van der Waals surface area contributed by atoms with Crippen LogP contribution in [0.25, 0.3) is 0 Å². The molecule has 0 saturated heterocycles. The highest BCUT2D eigenvalue weighted by Gasteiger charge is 2.38. The summed E-state index contributed by atoms with van der Waals surface area (Å²) >= 11 is 0. The van der Waals surface area contributed by atoms with Gasteiger partial charge in [0.1, 0.15) is 0 Å². The molecule has 0 spiro atoms. The van der Waals surface area contributed by atoms with Gasteiger partial charge in [0.2, 0.25) is 0 Å². The van der Waals surface area contributed by atoms with Crippen molar-refractivity contribution in [3.63, 3.8) is 0 Å². The molecular weight excluding hydrogens is 198 g/mol. The Hall–Kier alpha value is -0.0800. The fourth-order valence-electron chi connectivity index (χ4n) is 3.07. The van der Waals surface area contributed by atoms with E-state index in [1.54, 1.807) is 0 Å². The van der Waals surface area contributed by atoms with Crippen LogP contribution in [0.15, 0.2) is 0 Å². The standard InChI is InChI=1S/C14H27NO/c1-13(2,3)16-12-9-11(10-12)15-14(4)7-5-6-8-14/h11-12,15H,5-10H2,1-4H3. The lowest BCUT2D eigenvalue weighted by molar-refractivity contribution is -0.105. The zero-order chi connectivity index (χ0) is 11.8.